The topological polar surface area (TPSA) is 77.7 Å². The van der Waals surface area contributed by atoms with Crippen LogP contribution in [0.25, 0.3) is 0 Å². The zero-order valence-corrected chi connectivity index (χ0v) is 6.77. The molecule has 0 aromatic heterocycles. The number of hydrogen-bond acceptors (Lipinski definition) is 4. The number of rotatable bonds is 3. The van der Waals surface area contributed by atoms with Crippen molar-refractivity contribution in [3.8, 4) is 0 Å². The molecule has 0 fully saturated rings. The van der Waals surface area contributed by atoms with Gasteiger partial charge in [-0.25, -0.2) is 5.53 Å². The second kappa shape index (κ2) is 4.76. The molecule has 0 amide bonds. The molecule has 0 spiro atoms. The van der Waals surface area contributed by atoms with Gasteiger partial charge in [0.2, 0.25) is 5.84 Å². The van der Waals surface area contributed by atoms with Gasteiger partial charge in [0.15, 0.2) is 6.29 Å². The first kappa shape index (κ1) is 9.05. The molecule has 1 aromatic rings. The van der Waals surface area contributed by atoms with E-state index < -0.39 is 0 Å². The highest BCUT2D eigenvalue weighted by atomic mass is 16.1. The van der Waals surface area contributed by atoms with Crippen molar-refractivity contribution in [1.82, 2.24) is 0 Å². The lowest BCUT2D eigenvalue weighted by molar-refractivity contribution is -0.102. The Labute approximate surface area is 75.0 Å². The van der Waals surface area contributed by atoms with E-state index in [0.717, 1.165) is 5.69 Å². The third kappa shape index (κ3) is 2.82. The third-order valence-electron chi connectivity index (χ3n) is 1.29. The van der Waals surface area contributed by atoms with Gasteiger partial charge in [-0.15, -0.1) is 10.2 Å². The SMILES string of the molecule is N=N/C(C=O)=N\Nc1ccccc1. The Morgan fingerprint density at radius 1 is 1.38 bits per heavy atom. The molecule has 1 aromatic carbocycles. The number of para-hydroxylation sites is 1. The first-order chi connectivity index (χ1) is 6.36. The number of benzene rings is 1. The fraction of sp³-hybridized carbons (Fsp3) is 0. The third-order valence-corrected chi connectivity index (χ3v) is 1.29. The summed E-state index contributed by atoms with van der Waals surface area (Å²) < 4.78 is 0. The molecule has 0 unspecified atom stereocenters. The van der Waals surface area contributed by atoms with Crippen LogP contribution in [0.2, 0.25) is 0 Å². The second-order valence-corrected chi connectivity index (χ2v) is 2.18. The van der Waals surface area contributed by atoms with Crippen LogP contribution in [0.1, 0.15) is 0 Å². The molecule has 0 aliphatic carbocycles. The molecule has 66 valence electrons. The Balaban J connectivity index is 2.65. The lowest BCUT2D eigenvalue weighted by Gasteiger charge is -1.97. The summed E-state index contributed by atoms with van der Waals surface area (Å²) >= 11 is 0. The highest BCUT2D eigenvalue weighted by molar-refractivity contribution is 6.27. The molecule has 0 radical (unpaired) electrons. The van der Waals surface area contributed by atoms with Crippen molar-refractivity contribution in [2.24, 2.45) is 10.2 Å². The van der Waals surface area contributed by atoms with Crippen LogP contribution in [0.4, 0.5) is 5.69 Å². The highest BCUT2D eigenvalue weighted by Crippen LogP contribution is 2.04. The summed E-state index contributed by atoms with van der Waals surface area (Å²) in [5.41, 5.74) is 9.88. The van der Waals surface area contributed by atoms with Crippen LogP contribution in [0.3, 0.4) is 0 Å². The van der Waals surface area contributed by atoms with E-state index in [9.17, 15) is 4.79 Å². The maximum atomic E-state index is 10.2. The molecule has 0 saturated carbocycles. The molecule has 5 heteroatoms. The van der Waals surface area contributed by atoms with Gasteiger partial charge in [0, 0.05) is 0 Å². The van der Waals surface area contributed by atoms with Crippen molar-refractivity contribution in [3.05, 3.63) is 30.3 Å². The van der Waals surface area contributed by atoms with Gasteiger partial charge in [-0.2, -0.15) is 0 Å². The molecule has 0 saturated heterocycles. The van der Waals surface area contributed by atoms with E-state index in [-0.39, 0.29) is 5.84 Å². The van der Waals surface area contributed by atoms with Gasteiger partial charge < -0.3 is 0 Å². The minimum absolute atomic E-state index is 0.191. The van der Waals surface area contributed by atoms with Gasteiger partial charge in [0.05, 0.1) is 5.69 Å². The van der Waals surface area contributed by atoms with E-state index in [1.54, 1.807) is 12.1 Å². The highest BCUT2D eigenvalue weighted by Gasteiger charge is 1.91. The zero-order valence-electron chi connectivity index (χ0n) is 6.77. The van der Waals surface area contributed by atoms with E-state index in [4.69, 9.17) is 5.53 Å². The lowest BCUT2D eigenvalue weighted by atomic mass is 10.3. The number of carbonyl (C=O) groups excluding carboxylic acids is 1. The molecule has 13 heavy (non-hydrogen) atoms. The summed E-state index contributed by atoms with van der Waals surface area (Å²) in [6.07, 6.45) is 0.406. The standard InChI is InChI=1S/C8H8N4O/c9-10-8(6-13)12-11-7-4-2-1-3-5-7/h1-6,9,11H/b10-9?,12-8-. The van der Waals surface area contributed by atoms with Gasteiger partial charge in [0.1, 0.15) is 0 Å². The Kier molecular flexibility index (Phi) is 3.31. The van der Waals surface area contributed by atoms with Crippen LogP contribution in [0, 0.1) is 5.53 Å². The van der Waals surface area contributed by atoms with E-state index >= 15 is 0 Å². The van der Waals surface area contributed by atoms with Crippen molar-refractivity contribution in [2.45, 2.75) is 0 Å². The first-order valence-corrected chi connectivity index (χ1v) is 3.58. The Bertz CT molecular complexity index is 310. The Morgan fingerprint density at radius 2 is 2.08 bits per heavy atom. The van der Waals surface area contributed by atoms with Crippen LogP contribution in [-0.4, -0.2) is 12.1 Å². The molecule has 0 bridgehead atoms. The van der Waals surface area contributed by atoms with Crippen molar-refractivity contribution < 1.29 is 4.79 Å². The molecule has 0 atom stereocenters. The quantitative estimate of drug-likeness (QED) is 0.241. The zero-order chi connectivity index (χ0) is 9.52. The Morgan fingerprint density at radius 3 is 2.62 bits per heavy atom. The van der Waals surface area contributed by atoms with E-state index in [2.05, 4.69) is 15.6 Å². The van der Waals surface area contributed by atoms with Crippen molar-refractivity contribution in [3.63, 3.8) is 0 Å². The van der Waals surface area contributed by atoms with Gasteiger partial charge in [0.25, 0.3) is 0 Å². The average Bonchev–Trinajstić information content (AvgIpc) is 2.21. The maximum Gasteiger partial charge on any atom is 0.232 e. The summed E-state index contributed by atoms with van der Waals surface area (Å²) in [6, 6.07) is 9.10. The number of aldehydes is 1. The van der Waals surface area contributed by atoms with Gasteiger partial charge in [-0.3, -0.25) is 10.2 Å². The molecule has 2 N–H and O–H groups in total. The number of carbonyl (C=O) groups is 1. The predicted octanol–water partition coefficient (Wildman–Crippen LogP) is 1.64. The number of nitrogens with zero attached hydrogens (tertiary/aromatic N) is 2. The van der Waals surface area contributed by atoms with Crippen LogP contribution >= 0.6 is 0 Å². The monoisotopic (exact) mass is 176 g/mol. The number of anilines is 1. The molecule has 0 heterocycles. The van der Waals surface area contributed by atoms with Crippen molar-refractivity contribution >= 4 is 17.8 Å². The van der Waals surface area contributed by atoms with E-state index in [1.165, 1.54) is 0 Å². The van der Waals surface area contributed by atoms with Crippen LogP contribution in [0.15, 0.2) is 40.5 Å². The summed E-state index contributed by atoms with van der Waals surface area (Å²) in [4.78, 5) is 10.2. The molecule has 1 rings (SSSR count). The predicted molar refractivity (Wildman–Crippen MR) is 48.7 cm³/mol. The van der Waals surface area contributed by atoms with Gasteiger partial charge in [-0.1, -0.05) is 18.2 Å². The van der Waals surface area contributed by atoms with Gasteiger partial charge in [-0.05, 0) is 12.1 Å². The Hall–Kier alpha value is -2.04. The van der Waals surface area contributed by atoms with E-state index in [0.29, 0.717) is 6.29 Å². The average molecular weight is 176 g/mol. The molecular formula is C8H8N4O. The minimum atomic E-state index is -0.191. The van der Waals surface area contributed by atoms with Gasteiger partial charge >= 0.3 is 0 Å². The molecular weight excluding hydrogens is 168 g/mol. The smallest absolute Gasteiger partial charge is 0.232 e. The fourth-order valence-corrected chi connectivity index (χ4v) is 0.712. The van der Waals surface area contributed by atoms with Crippen molar-refractivity contribution in [2.75, 3.05) is 5.43 Å². The summed E-state index contributed by atoms with van der Waals surface area (Å²) in [5, 5.41) is 6.47. The van der Waals surface area contributed by atoms with Crippen LogP contribution < -0.4 is 5.43 Å². The molecule has 0 aliphatic rings. The van der Waals surface area contributed by atoms with Crippen molar-refractivity contribution in [1.29, 1.82) is 5.53 Å². The number of hydrazone groups is 1. The van der Waals surface area contributed by atoms with E-state index in [1.807, 2.05) is 18.2 Å². The van der Waals surface area contributed by atoms with Crippen LogP contribution in [-0.2, 0) is 4.79 Å². The maximum absolute atomic E-state index is 10.2. The minimum Gasteiger partial charge on any atom is -0.294 e. The lowest BCUT2D eigenvalue weighted by Crippen LogP contribution is -1.98. The summed E-state index contributed by atoms with van der Waals surface area (Å²) in [6.45, 7) is 0. The molecule has 5 nitrogen and oxygen atoms in total. The first-order valence-electron chi connectivity index (χ1n) is 3.58. The molecule has 0 aliphatic heterocycles. The fourth-order valence-electron chi connectivity index (χ4n) is 0.712. The number of amidine groups is 1. The summed E-state index contributed by atoms with van der Waals surface area (Å²) in [5.74, 6) is -0.191. The number of hydrogen-bond donors (Lipinski definition) is 2. The normalized spacial score (nSPS) is 10.6. The summed E-state index contributed by atoms with van der Waals surface area (Å²) in [7, 11) is 0. The van der Waals surface area contributed by atoms with Crippen LogP contribution in [0.5, 0.6) is 0 Å². The largest absolute Gasteiger partial charge is 0.294 e. The second-order valence-electron chi connectivity index (χ2n) is 2.18. The number of nitrogens with one attached hydrogen (secondary N) is 2.